The highest BCUT2D eigenvalue weighted by Gasteiger charge is 2.13. The van der Waals surface area contributed by atoms with Crippen LogP contribution in [0.5, 0.6) is 0 Å². The molecular weight excluding hydrogens is 326 g/mol. The summed E-state index contributed by atoms with van der Waals surface area (Å²) in [5.74, 6) is 0.393. The van der Waals surface area contributed by atoms with Gasteiger partial charge in [-0.05, 0) is 18.2 Å². The molecule has 0 aliphatic heterocycles. The lowest BCUT2D eigenvalue weighted by atomic mass is 10.2. The molecule has 0 aliphatic carbocycles. The zero-order chi connectivity index (χ0) is 16.5. The van der Waals surface area contributed by atoms with Crippen molar-refractivity contribution in [2.24, 2.45) is 0 Å². The molecule has 7 heteroatoms. The van der Waals surface area contributed by atoms with Crippen molar-refractivity contribution in [3.63, 3.8) is 0 Å². The van der Waals surface area contributed by atoms with E-state index in [0.29, 0.717) is 22.5 Å². The quantitative estimate of drug-likeness (QED) is 0.620. The third-order valence-electron chi connectivity index (χ3n) is 3.70. The van der Waals surface area contributed by atoms with Crippen LogP contribution in [-0.4, -0.2) is 15.5 Å². The number of benzene rings is 1. The number of rotatable bonds is 4. The summed E-state index contributed by atoms with van der Waals surface area (Å²) in [5.41, 5.74) is 0.488. The SMILES string of the molecule is O=C(Cn1cnc2c(sc3ccccc32)c1=O)NCc1ccco1. The first-order valence-electron chi connectivity index (χ1n) is 7.38. The van der Waals surface area contributed by atoms with Crippen LogP contribution in [0.25, 0.3) is 20.3 Å². The Hall–Kier alpha value is -2.93. The molecule has 0 saturated carbocycles. The molecule has 3 aromatic heterocycles. The van der Waals surface area contributed by atoms with Crippen LogP contribution in [-0.2, 0) is 17.9 Å². The minimum absolute atomic E-state index is 0.0727. The van der Waals surface area contributed by atoms with E-state index < -0.39 is 0 Å². The largest absolute Gasteiger partial charge is 0.467 e. The van der Waals surface area contributed by atoms with Crippen molar-refractivity contribution in [3.05, 3.63) is 65.1 Å². The van der Waals surface area contributed by atoms with Crippen molar-refractivity contribution in [2.75, 3.05) is 0 Å². The van der Waals surface area contributed by atoms with Crippen LogP contribution in [0.4, 0.5) is 0 Å². The predicted octanol–water partition coefficient (Wildman–Crippen LogP) is 2.52. The number of nitrogens with one attached hydrogen (secondary N) is 1. The van der Waals surface area contributed by atoms with Crippen molar-refractivity contribution in [1.82, 2.24) is 14.9 Å². The maximum absolute atomic E-state index is 12.6. The molecule has 0 radical (unpaired) electrons. The van der Waals surface area contributed by atoms with Crippen molar-refractivity contribution >= 4 is 37.5 Å². The van der Waals surface area contributed by atoms with Gasteiger partial charge in [0.1, 0.15) is 17.0 Å². The van der Waals surface area contributed by atoms with Gasteiger partial charge < -0.3 is 9.73 Å². The van der Waals surface area contributed by atoms with Crippen LogP contribution in [0.2, 0.25) is 0 Å². The highest BCUT2D eigenvalue weighted by molar-refractivity contribution is 7.25. The second-order valence-electron chi connectivity index (χ2n) is 5.31. The molecule has 4 rings (SSSR count). The molecule has 4 aromatic rings. The number of furan rings is 1. The number of thiophene rings is 1. The molecule has 1 amide bonds. The highest BCUT2D eigenvalue weighted by Crippen LogP contribution is 2.29. The van der Waals surface area contributed by atoms with E-state index in [4.69, 9.17) is 4.42 Å². The molecule has 0 saturated heterocycles. The zero-order valence-electron chi connectivity index (χ0n) is 12.6. The third kappa shape index (κ3) is 2.59. The number of amides is 1. The lowest BCUT2D eigenvalue weighted by molar-refractivity contribution is -0.121. The molecule has 0 aliphatic rings. The molecule has 6 nitrogen and oxygen atoms in total. The van der Waals surface area contributed by atoms with Crippen LogP contribution in [0.15, 0.2) is 58.2 Å². The lowest BCUT2D eigenvalue weighted by Gasteiger charge is -2.06. The second-order valence-corrected chi connectivity index (χ2v) is 6.36. The molecule has 3 heterocycles. The Morgan fingerprint density at radius 3 is 2.96 bits per heavy atom. The molecule has 120 valence electrons. The van der Waals surface area contributed by atoms with Crippen molar-refractivity contribution in [2.45, 2.75) is 13.1 Å². The summed E-state index contributed by atoms with van der Waals surface area (Å²) in [4.78, 5) is 29.0. The number of nitrogens with zero attached hydrogens (tertiary/aromatic N) is 2. The van der Waals surface area contributed by atoms with E-state index in [2.05, 4.69) is 10.3 Å². The van der Waals surface area contributed by atoms with Gasteiger partial charge in [-0.2, -0.15) is 0 Å². The van der Waals surface area contributed by atoms with E-state index in [1.165, 1.54) is 22.2 Å². The highest BCUT2D eigenvalue weighted by atomic mass is 32.1. The Morgan fingerprint density at radius 2 is 2.12 bits per heavy atom. The summed E-state index contributed by atoms with van der Waals surface area (Å²) in [5, 5.41) is 3.68. The van der Waals surface area contributed by atoms with Gasteiger partial charge >= 0.3 is 0 Å². The Kier molecular flexibility index (Phi) is 3.62. The minimum Gasteiger partial charge on any atom is -0.467 e. The Morgan fingerprint density at radius 1 is 1.25 bits per heavy atom. The Bertz CT molecular complexity index is 1080. The summed E-state index contributed by atoms with van der Waals surface area (Å²) < 4.78 is 8.06. The number of carbonyl (C=O) groups is 1. The average molecular weight is 339 g/mol. The standard InChI is InChI=1S/C17H13N3O3S/c21-14(18-8-11-4-3-7-23-11)9-20-10-19-15-12-5-1-2-6-13(12)24-16(15)17(20)22/h1-7,10H,8-9H2,(H,18,21). The number of fused-ring (bicyclic) bond motifs is 3. The van der Waals surface area contributed by atoms with E-state index >= 15 is 0 Å². The molecule has 24 heavy (non-hydrogen) atoms. The zero-order valence-corrected chi connectivity index (χ0v) is 13.4. The molecular formula is C17H13N3O3S. The summed E-state index contributed by atoms with van der Waals surface area (Å²) >= 11 is 1.40. The average Bonchev–Trinajstić information content (AvgIpc) is 3.23. The van der Waals surface area contributed by atoms with Crippen molar-refractivity contribution < 1.29 is 9.21 Å². The molecule has 0 atom stereocenters. The number of hydrogen-bond acceptors (Lipinski definition) is 5. The van der Waals surface area contributed by atoms with Crippen LogP contribution in [0, 0.1) is 0 Å². The summed E-state index contributed by atoms with van der Waals surface area (Å²) in [7, 11) is 0. The third-order valence-corrected chi connectivity index (χ3v) is 4.85. The lowest BCUT2D eigenvalue weighted by Crippen LogP contribution is -2.31. The van der Waals surface area contributed by atoms with E-state index in [9.17, 15) is 9.59 Å². The first-order chi connectivity index (χ1) is 11.7. The fourth-order valence-electron chi connectivity index (χ4n) is 2.54. The maximum Gasteiger partial charge on any atom is 0.271 e. The van der Waals surface area contributed by atoms with Gasteiger partial charge in [-0.25, -0.2) is 4.98 Å². The topological polar surface area (TPSA) is 77.1 Å². The van der Waals surface area contributed by atoms with E-state index in [-0.39, 0.29) is 18.0 Å². The van der Waals surface area contributed by atoms with Gasteiger partial charge in [0.2, 0.25) is 5.91 Å². The summed E-state index contributed by atoms with van der Waals surface area (Å²) in [6.07, 6.45) is 2.97. The number of carbonyl (C=O) groups excluding carboxylic acids is 1. The van der Waals surface area contributed by atoms with Crippen molar-refractivity contribution in [3.8, 4) is 0 Å². The smallest absolute Gasteiger partial charge is 0.271 e. The van der Waals surface area contributed by atoms with Gasteiger partial charge in [-0.3, -0.25) is 14.2 Å². The molecule has 0 spiro atoms. The van der Waals surface area contributed by atoms with Gasteiger partial charge in [-0.1, -0.05) is 18.2 Å². The van der Waals surface area contributed by atoms with E-state index in [1.54, 1.807) is 18.4 Å². The summed E-state index contributed by atoms with van der Waals surface area (Å²) in [6.45, 7) is 0.218. The normalized spacial score (nSPS) is 11.2. The number of hydrogen-bond donors (Lipinski definition) is 1. The first-order valence-corrected chi connectivity index (χ1v) is 8.20. The van der Waals surface area contributed by atoms with Crippen LogP contribution < -0.4 is 10.9 Å². The van der Waals surface area contributed by atoms with Gasteiger partial charge in [0.25, 0.3) is 5.56 Å². The van der Waals surface area contributed by atoms with Crippen LogP contribution in [0.3, 0.4) is 0 Å². The molecule has 1 N–H and O–H groups in total. The minimum atomic E-state index is -0.268. The van der Waals surface area contributed by atoms with Crippen LogP contribution >= 0.6 is 11.3 Å². The Labute approximate surface area is 140 Å². The molecule has 0 bridgehead atoms. The van der Waals surface area contributed by atoms with E-state index in [0.717, 1.165) is 10.1 Å². The Balaban J connectivity index is 1.60. The van der Waals surface area contributed by atoms with E-state index in [1.807, 2.05) is 24.3 Å². The molecule has 0 fully saturated rings. The molecule has 1 aromatic carbocycles. The fourth-order valence-corrected chi connectivity index (χ4v) is 3.64. The predicted molar refractivity (Wildman–Crippen MR) is 91.9 cm³/mol. The van der Waals surface area contributed by atoms with Gasteiger partial charge in [-0.15, -0.1) is 11.3 Å². The van der Waals surface area contributed by atoms with Gasteiger partial charge in [0.05, 0.1) is 24.7 Å². The monoisotopic (exact) mass is 339 g/mol. The molecule has 0 unspecified atom stereocenters. The number of aromatic nitrogens is 2. The fraction of sp³-hybridized carbons (Fsp3) is 0.118. The second kappa shape index (κ2) is 5.93. The maximum atomic E-state index is 12.6. The van der Waals surface area contributed by atoms with Gasteiger partial charge in [0.15, 0.2) is 0 Å². The van der Waals surface area contributed by atoms with Crippen LogP contribution in [0.1, 0.15) is 5.76 Å². The van der Waals surface area contributed by atoms with Crippen molar-refractivity contribution in [1.29, 1.82) is 0 Å². The van der Waals surface area contributed by atoms with Gasteiger partial charge in [0, 0.05) is 10.1 Å². The summed E-state index contributed by atoms with van der Waals surface area (Å²) in [6, 6.07) is 11.3. The first kappa shape index (κ1) is 14.6.